The molecule has 0 radical (unpaired) electrons. The summed E-state index contributed by atoms with van der Waals surface area (Å²) < 4.78 is 0. The van der Waals surface area contributed by atoms with Crippen LogP contribution in [0.15, 0.2) is 54.7 Å². The van der Waals surface area contributed by atoms with Crippen LogP contribution < -0.4 is 0 Å². The molecule has 94 valence electrons. The highest BCUT2D eigenvalue weighted by Gasteiger charge is 2.05. The van der Waals surface area contributed by atoms with Gasteiger partial charge in [-0.15, -0.1) is 0 Å². The number of hydrogen-bond acceptors (Lipinski definition) is 3. The molecule has 1 N–H and O–H groups in total. The Morgan fingerprint density at radius 1 is 0.895 bits per heavy atom. The van der Waals surface area contributed by atoms with Gasteiger partial charge in [0.2, 0.25) is 0 Å². The van der Waals surface area contributed by atoms with Gasteiger partial charge in [-0.1, -0.05) is 36.4 Å². The Hall–Kier alpha value is -2.49. The molecule has 0 fully saturated rings. The lowest BCUT2D eigenvalue weighted by Crippen LogP contribution is -1.95. The number of pyridine rings is 1. The van der Waals surface area contributed by atoms with Crippen molar-refractivity contribution < 1.29 is 0 Å². The van der Waals surface area contributed by atoms with Crippen LogP contribution in [-0.2, 0) is 12.8 Å². The van der Waals surface area contributed by atoms with Crippen LogP contribution in [0.2, 0.25) is 0 Å². The van der Waals surface area contributed by atoms with Crippen molar-refractivity contribution in [2.45, 2.75) is 12.8 Å². The second-order valence-corrected chi connectivity index (χ2v) is 4.29. The molecule has 0 saturated heterocycles. The Labute approximate surface area is 111 Å². The summed E-state index contributed by atoms with van der Waals surface area (Å²) in [5.41, 5.74) is 2.10. The molecule has 1 aromatic carbocycles. The smallest absolute Gasteiger partial charge is 0.181 e. The lowest BCUT2D eigenvalue weighted by atomic mass is 10.2. The standard InChI is InChI=1S/C15H14N4/c1-2-6-12(7-3-1)15-17-14(18-19-15)10-9-13-8-4-5-11-16-13/h1-8,11H,9-10H2,(H,17,18,19). The Morgan fingerprint density at radius 2 is 1.74 bits per heavy atom. The Morgan fingerprint density at radius 3 is 2.53 bits per heavy atom. The summed E-state index contributed by atoms with van der Waals surface area (Å²) in [4.78, 5) is 8.80. The van der Waals surface area contributed by atoms with E-state index in [0.717, 1.165) is 35.7 Å². The number of rotatable bonds is 4. The van der Waals surface area contributed by atoms with E-state index in [1.807, 2.05) is 54.7 Å². The predicted octanol–water partition coefficient (Wildman–Crippen LogP) is 2.65. The zero-order chi connectivity index (χ0) is 12.9. The van der Waals surface area contributed by atoms with Gasteiger partial charge in [-0.3, -0.25) is 10.1 Å². The number of nitrogens with one attached hydrogen (secondary N) is 1. The van der Waals surface area contributed by atoms with Gasteiger partial charge < -0.3 is 0 Å². The first kappa shape index (κ1) is 11.6. The molecule has 0 aliphatic rings. The van der Waals surface area contributed by atoms with Crippen LogP contribution in [0.5, 0.6) is 0 Å². The van der Waals surface area contributed by atoms with Crippen molar-refractivity contribution in [2.75, 3.05) is 0 Å². The number of aromatic amines is 1. The molecular formula is C15H14N4. The van der Waals surface area contributed by atoms with E-state index in [4.69, 9.17) is 0 Å². The van der Waals surface area contributed by atoms with Gasteiger partial charge in [0.25, 0.3) is 0 Å². The molecular weight excluding hydrogens is 236 g/mol. The third-order valence-corrected chi connectivity index (χ3v) is 2.91. The van der Waals surface area contributed by atoms with Gasteiger partial charge in [0.15, 0.2) is 5.82 Å². The summed E-state index contributed by atoms with van der Waals surface area (Å²) in [5.74, 6) is 1.64. The van der Waals surface area contributed by atoms with E-state index < -0.39 is 0 Å². The number of benzene rings is 1. The van der Waals surface area contributed by atoms with Crippen LogP contribution in [0, 0.1) is 0 Å². The van der Waals surface area contributed by atoms with Crippen molar-refractivity contribution in [1.82, 2.24) is 20.2 Å². The van der Waals surface area contributed by atoms with Crippen molar-refractivity contribution in [3.63, 3.8) is 0 Å². The number of nitrogens with zero attached hydrogens (tertiary/aromatic N) is 3. The zero-order valence-corrected chi connectivity index (χ0v) is 10.5. The maximum absolute atomic E-state index is 4.50. The van der Waals surface area contributed by atoms with Gasteiger partial charge in [-0.05, 0) is 18.6 Å². The molecule has 0 bridgehead atoms. The third-order valence-electron chi connectivity index (χ3n) is 2.91. The van der Waals surface area contributed by atoms with Crippen molar-refractivity contribution in [1.29, 1.82) is 0 Å². The monoisotopic (exact) mass is 250 g/mol. The molecule has 2 aromatic heterocycles. The van der Waals surface area contributed by atoms with Crippen LogP contribution >= 0.6 is 0 Å². The second-order valence-electron chi connectivity index (χ2n) is 4.29. The zero-order valence-electron chi connectivity index (χ0n) is 10.5. The fraction of sp³-hybridized carbons (Fsp3) is 0.133. The molecule has 4 heteroatoms. The van der Waals surface area contributed by atoms with Crippen LogP contribution in [0.1, 0.15) is 11.5 Å². The lowest BCUT2D eigenvalue weighted by molar-refractivity contribution is 0.842. The Kier molecular flexibility index (Phi) is 3.32. The van der Waals surface area contributed by atoms with E-state index in [1.165, 1.54) is 0 Å². The summed E-state index contributed by atoms with van der Waals surface area (Å²) in [6.07, 6.45) is 3.49. The van der Waals surface area contributed by atoms with E-state index in [-0.39, 0.29) is 0 Å². The number of aromatic nitrogens is 4. The minimum atomic E-state index is 0.747. The van der Waals surface area contributed by atoms with E-state index in [9.17, 15) is 0 Å². The minimum Gasteiger partial charge on any atom is -0.263 e. The topological polar surface area (TPSA) is 54.5 Å². The SMILES string of the molecule is c1ccc(-c2n[nH]c(CCc3ccccn3)n2)cc1. The van der Waals surface area contributed by atoms with Crippen molar-refractivity contribution >= 4 is 0 Å². The van der Waals surface area contributed by atoms with Gasteiger partial charge in [0, 0.05) is 23.9 Å². The normalized spacial score (nSPS) is 10.5. The highest BCUT2D eigenvalue weighted by atomic mass is 15.2. The fourth-order valence-corrected chi connectivity index (χ4v) is 1.92. The average molecular weight is 250 g/mol. The maximum Gasteiger partial charge on any atom is 0.181 e. The maximum atomic E-state index is 4.50. The average Bonchev–Trinajstić information content (AvgIpc) is 2.96. The minimum absolute atomic E-state index is 0.747. The van der Waals surface area contributed by atoms with Crippen molar-refractivity contribution in [3.05, 3.63) is 66.2 Å². The van der Waals surface area contributed by atoms with Gasteiger partial charge >= 0.3 is 0 Å². The first-order valence-electron chi connectivity index (χ1n) is 6.28. The van der Waals surface area contributed by atoms with Crippen LogP contribution in [0.25, 0.3) is 11.4 Å². The molecule has 0 aliphatic carbocycles. The molecule has 0 saturated carbocycles. The molecule has 0 spiro atoms. The lowest BCUT2D eigenvalue weighted by Gasteiger charge is -1.96. The van der Waals surface area contributed by atoms with E-state index in [0.29, 0.717) is 0 Å². The second kappa shape index (κ2) is 5.44. The molecule has 0 amide bonds. The third kappa shape index (κ3) is 2.85. The molecule has 0 aliphatic heterocycles. The number of hydrogen-bond donors (Lipinski definition) is 1. The first-order valence-corrected chi connectivity index (χ1v) is 6.28. The number of aryl methyl sites for hydroxylation is 2. The Balaban J connectivity index is 1.69. The van der Waals surface area contributed by atoms with Crippen molar-refractivity contribution in [3.8, 4) is 11.4 Å². The summed E-state index contributed by atoms with van der Waals surface area (Å²) in [6, 6.07) is 15.9. The molecule has 3 rings (SSSR count). The Bertz CT molecular complexity index is 632. The largest absolute Gasteiger partial charge is 0.263 e. The fourth-order valence-electron chi connectivity index (χ4n) is 1.92. The summed E-state index contributed by atoms with van der Waals surface area (Å²) >= 11 is 0. The molecule has 0 unspecified atom stereocenters. The highest BCUT2D eigenvalue weighted by molar-refractivity contribution is 5.53. The van der Waals surface area contributed by atoms with Gasteiger partial charge in [-0.25, -0.2) is 4.98 Å². The van der Waals surface area contributed by atoms with Crippen LogP contribution in [-0.4, -0.2) is 20.2 Å². The van der Waals surface area contributed by atoms with Crippen LogP contribution in [0.4, 0.5) is 0 Å². The molecule has 0 atom stereocenters. The summed E-state index contributed by atoms with van der Waals surface area (Å²) in [6.45, 7) is 0. The van der Waals surface area contributed by atoms with E-state index in [1.54, 1.807) is 0 Å². The van der Waals surface area contributed by atoms with E-state index in [2.05, 4.69) is 20.2 Å². The summed E-state index contributed by atoms with van der Waals surface area (Å²) in [7, 11) is 0. The molecule has 19 heavy (non-hydrogen) atoms. The molecule has 2 heterocycles. The molecule has 3 aromatic rings. The number of H-pyrrole nitrogens is 1. The highest BCUT2D eigenvalue weighted by Crippen LogP contribution is 2.13. The van der Waals surface area contributed by atoms with Gasteiger partial charge in [0.1, 0.15) is 5.82 Å². The quantitative estimate of drug-likeness (QED) is 0.774. The first-order chi connectivity index (χ1) is 9.42. The van der Waals surface area contributed by atoms with Gasteiger partial charge in [0.05, 0.1) is 0 Å². The van der Waals surface area contributed by atoms with E-state index >= 15 is 0 Å². The molecule has 4 nitrogen and oxygen atoms in total. The predicted molar refractivity (Wildman–Crippen MR) is 73.5 cm³/mol. The van der Waals surface area contributed by atoms with Crippen LogP contribution in [0.3, 0.4) is 0 Å². The van der Waals surface area contributed by atoms with Gasteiger partial charge in [-0.2, -0.15) is 5.10 Å². The summed E-state index contributed by atoms with van der Waals surface area (Å²) in [5, 5.41) is 7.23. The van der Waals surface area contributed by atoms with Crippen molar-refractivity contribution in [2.24, 2.45) is 0 Å².